The summed E-state index contributed by atoms with van der Waals surface area (Å²) in [6.07, 6.45) is 1.06. The molecule has 0 heterocycles. The molecular formula is C14H18O5. The zero-order valence-electron chi connectivity index (χ0n) is 11.2. The van der Waals surface area contributed by atoms with Crippen LogP contribution in [0.4, 0.5) is 0 Å². The fourth-order valence-electron chi connectivity index (χ4n) is 2.59. The number of methoxy groups -OCH3 is 1. The minimum absolute atomic E-state index is 0.0459. The molecule has 5 nitrogen and oxygen atoms in total. The van der Waals surface area contributed by atoms with Crippen molar-refractivity contribution in [1.29, 1.82) is 0 Å². The maximum atomic E-state index is 12.1. The van der Waals surface area contributed by atoms with Gasteiger partial charge >= 0.3 is 11.9 Å². The fourth-order valence-corrected chi connectivity index (χ4v) is 2.59. The maximum Gasteiger partial charge on any atom is 0.320 e. The summed E-state index contributed by atoms with van der Waals surface area (Å²) in [6, 6.07) is 0. The summed E-state index contributed by atoms with van der Waals surface area (Å²) in [7, 11) is 1.21. The highest BCUT2D eigenvalue weighted by Gasteiger charge is 2.56. The predicted octanol–water partition coefficient (Wildman–Crippen LogP) is 1.40. The average Bonchev–Trinajstić information content (AvgIpc) is 2.67. The van der Waals surface area contributed by atoms with E-state index in [-0.39, 0.29) is 25.0 Å². The number of Topliss-reactive ketones (excluding diaryl/α,β-unsaturated/α-hetero) is 1. The Morgan fingerprint density at radius 3 is 2.68 bits per heavy atom. The van der Waals surface area contributed by atoms with Gasteiger partial charge in [-0.15, -0.1) is 11.8 Å². The van der Waals surface area contributed by atoms with Crippen molar-refractivity contribution in [3.63, 3.8) is 0 Å². The summed E-state index contributed by atoms with van der Waals surface area (Å²) in [5.74, 6) is 3.16. The molecule has 1 rings (SSSR count). The lowest BCUT2D eigenvalue weighted by molar-refractivity contribution is -0.159. The third-order valence-electron chi connectivity index (χ3n) is 3.55. The first-order valence-electron chi connectivity index (χ1n) is 6.28. The van der Waals surface area contributed by atoms with Crippen molar-refractivity contribution in [3.8, 4) is 11.8 Å². The van der Waals surface area contributed by atoms with E-state index in [0.717, 1.165) is 0 Å². The van der Waals surface area contributed by atoms with Gasteiger partial charge in [-0.25, -0.2) is 0 Å². The number of ketones is 1. The van der Waals surface area contributed by atoms with Crippen molar-refractivity contribution in [2.24, 2.45) is 11.3 Å². The standard InChI is InChI=1S/C14H18O5/c1-3-4-5-8-14(13(18)19-2)10(9-12(16)17)6-7-11(14)15/h10H,3,6-9H2,1-2H3,(H,16,17). The molecule has 19 heavy (non-hydrogen) atoms. The van der Waals surface area contributed by atoms with Crippen molar-refractivity contribution in [2.75, 3.05) is 7.11 Å². The lowest BCUT2D eigenvalue weighted by atomic mass is 9.73. The van der Waals surface area contributed by atoms with Gasteiger partial charge in [-0.3, -0.25) is 14.4 Å². The average molecular weight is 266 g/mol. The van der Waals surface area contributed by atoms with E-state index in [0.29, 0.717) is 12.8 Å². The highest BCUT2D eigenvalue weighted by Crippen LogP contribution is 2.46. The van der Waals surface area contributed by atoms with Gasteiger partial charge < -0.3 is 9.84 Å². The number of rotatable bonds is 4. The van der Waals surface area contributed by atoms with E-state index in [1.54, 1.807) is 0 Å². The van der Waals surface area contributed by atoms with Crippen LogP contribution < -0.4 is 0 Å². The molecule has 5 heteroatoms. The first-order valence-corrected chi connectivity index (χ1v) is 6.28. The normalized spacial score (nSPS) is 25.6. The zero-order chi connectivity index (χ0) is 14.5. The van der Waals surface area contributed by atoms with Crippen molar-refractivity contribution in [2.45, 2.75) is 39.0 Å². The first-order chi connectivity index (χ1) is 8.98. The number of hydrogen-bond donors (Lipinski definition) is 1. The quantitative estimate of drug-likeness (QED) is 0.472. The summed E-state index contributed by atoms with van der Waals surface area (Å²) in [5.41, 5.74) is -1.39. The van der Waals surface area contributed by atoms with Gasteiger partial charge in [0.2, 0.25) is 0 Å². The number of ether oxygens (including phenoxy) is 1. The van der Waals surface area contributed by atoms with E-state index in [9.17, 15) is 14.4 Å². The summed E-state index contributed by atoms with van der Waals surface area (Å²) in [4.78, 5) is 35.0. The maximum absolute atomic E-state index is 12.1. The molecule has 104 valence electrons. The molecule has 2 unspecified atom stereocenters. The number of carboxylic acids is 1. The van der Waals surface area contributed by atoms with Crippen LogP contribution in [0, 0.1) is 23.2 Å². The Balaban J connectivity index is 3.12. The largest absolute Gasteiger partial charge is 0.481 e. The second-order valence-corrected chi connectivity index (χ2v) is 4.60. The van der Waals surface area contributed by atoms with Gasteiger partial charge in [-0.05, 0) is 12.3 Å². The Labute approximate surface area is 112 Å². The molecule has 1 N–H and O–H groups in total. The third kappa shape index (κ3) is 2.95. The number of carbonyl (C=O) groups excluding carboxylic acids is 2. The van der Waals surface area contributed by atoms with Gasteiger partial charge in [-0.2, -0.15) is 0 Å². The van der Waals surface area contributed by atoms with Crippen LogP contribution in [0.3, 0.4) is 0 Å². The number of carboxylic acid groups (broad SMARTS) is 1. The van der Waals surface area contributed by atoms with Crippen LogP contribution in [-0.2, 0) is 19.1 Å². The summed E-state index contributed by atoms with van der Waals surface area (Å²) >= 11 is 0. The Bertz CT molecular complexity index is 442. The summed E-state index contributed by atoms with van der Waals surface area (Å²) in [6.45, 7) is 1.86. The Morgan fingerprint density at radius 2 is 2.16 bits per heavy atom. The molecule has 0 amide bonds. The second-order valence-electron chi connectivity index (χ2n) is 4.60. The van der Waals surface area contributed by atoms with E-state index in [1.807, 2.05) is 6.92 Å². The van der Waals surface area contributed by atoms with Crippen LogP contribution in [0.5, 0.6) is 0 Å². The minimum Gasteiger partial charge on any atom is -0.481 e. The van der Waals surface area contributed by atoms with E-state index in [2.05, 4.69) is 11.8 Å². The Kier molecular flexibility index (Phi) is 5.11. The number of aliphatic carboxylic acids is 1. The molecule has 0 aromatic rings. The van der Waals surface area contributed by atoms with Gasteiger partial charge in [-0.1, -0.05) is 6.92 Å². The molecule has 1 fully saturated rings. The van der Waals surface area contributed by atoms with Crippen LogP contribution in [-0.4, -0.2) is 29.9 Å². The van der Waals surface area contributed by atoms with E-state index in [4.69, 9.17) is 9.84 Å². The van der Waals surface area contributed by atoms with E-state index < -0.39 is 23.3 Å². The molecule has 1 aliphatic rings. The fraction of sp³-hybridized carbons (Fsp3) is 0.643. The molecule has 0 bridgehead atoms. The zero-order valence-corrected chi connectivity index (χ0v) is 11.2. The van der Waals surface area contributed by atoms with Crippen LogP contribution in [0.2, 0.25) is 0 Å². The summed E-state index contributed by atoms with van der Waals surface area (Å²) in [5, 5.41) is 8.92. The first kappa shape index (κ1) is 15.2. The molecule has 0 saturated heterocycles. The molecule has 0 radical (unpaired) electrons. The summed E-state index contributed by atoms with van der Waals surface area (Å²) < 4.78 is 4.73. The van der Waals surface area contributed by atoms with Crippen LogP contribution in [0.1, 0.15) is 39.0 Å². The Morgan fingerprint density at radius 1 is 1.47 bits per heavy atom. The molecule has 0 aromatic heterocycles. The predicted molar refractivity (Wildman–Crippen MR) is 67.1 cm³/mol. The second kappa shape index (κ2) is 6.37. The molecule has 0 spiro atoms. The van der Waals surface area contributed by atoms with E-state index in [1.165, 1.54) is 7.11 Å². The molecule has 1 aliphatic carbocycles. The molecule has 1 saturated carbocycles. The van der Waals surface area contributed by atoms with Gasteiger partial charge in [0.1, 0.15) is 5.41 Å². The van der Waals surface area contributed by atoms with Crippen molar-refractivity contribution < 1.29 is 24.2 Å². The van der Waals surface area contributed by atoms with Crippen LogP contribution >= 0.6 is 0 Å². The number of esters is 1. The molecule has 0 aromatic carbocycles. The van der Waals surface area contributed by atoms with Crippen LogP contribution in [0.15, 0.2) is 0 Å². The van der Waals surface area contributed by atoms with Crippen molar-refractivity contribution in [1.82, 2.24) is 0 Å². The smallest absolute Gasteiger partial charge is 0.320 e. The number of carbonyl (C=O) groups is 3. The third-order valence-corrected chi connectivity index (χ3v) is 3.55. The highest BCUT2D eigenvalue weighted by atomic mass is 16.5. The van der Waals surface area contributed by atoms with Crippen molar-refractivity contribution >= 4 is 17.7 Å². The molecule has 0 aliphatic heterocycles. The lowest BCUT2D eigenvalue weighted by Crippen LogP contribution is -2.42. The van der Waals surface area contributed by atoms with Gasteiger partial charge in [0.15, 0.2) is 5.78 Å². The minimum atomic E-state index is -1.39. The van der Waals surface area contributed by atoms with Crippen molar-refractivity contribution in [3.05, 3.63) is 0 Å². The monoisotopic (exact) mass is 266 g/mol. The van der Waals surface area contributed by atoms with E-state index >= 15 is 0 Å². The highest BCUT2D eigenvalue weighted by molar-refractivity contribution is 6.06. The lowest BCUT2D eigenvalue weighted by Gasteiger charge is -2.28. The number of hydrogen-bond acceptors (Lipinski definition) is 4. The van der Waals surface area contributed by atoms with Gasteiger partial charge in [0, 0.05) is 25.7 Å². The van der Waals surface area contributed by atoms with Gasteiger partial charge in [0.05, 0.1) is 7.11 Å². The van der Waals surface area contributed by atoms with Crippen LogP contribution in [0.25, 0.3) is 0 Å². The van der Waals surface area contributed by atoms with Gasteiger partial charge in [0.25, 0.3) is 0 Å². The topological polar surface area (TPSA) is 80.7 Å². The molecular weight excluding hydrogens is 248 g/mol. The molecule has 2 atom stereocenters. The Hall–Kier alpha value is -1.83. The SMILES string of the molecule is CCC#CCC1(C(=O)OC)C(=O)CCC1CC(=O)O.